The number of hydrogen-bond acceptors (Lipinski definition) is 1. The van der Waals surface area contributed by atoms with E-state index in [0.717, 1.165) is 29.8 Å². The van der Waals surface area contributed by atoms with Crippen LogP contribution in [-0.4, -0.2) is 12.1 Å². The first-order valence-electron chi connectivity index (χ1n) is 8.91. The van der Waals surface area contributed by atoms with Gasteiger partial charge < -0.3 is 5.32 Å². The largest absolute Gasteiger partial charge is 0.311 e. The smallest absolute Gasteiger partial charge is 0.00722 e. The molecule has 3 atom stereocenters. The first kappa shape index (κ1) is 15.4. The Morgan fingerprint density at radius 2 is 1.63 bits per heavy atom. The molecule has 1 nitrogen and oxygen atoms in total. The van der Waals surface area contributed by atoms with Crippen LogP contribution in [0.25, 0.3) is 0 Å². The summed E-state index contributed by atoms with van der Waals surface area (Å²) in [5.74, 6) is 2.82. The molecule has 2 rings (SSSR count). The molecule has 0 aromatic heterocycles. The highest BCUT2D eigenvalue weighted by atomic mass is 15.0. The molecule has 3 unspecified atom stereocenters. The summed E-state index contributed by atoms with van der Waals surface area (Å²) in [6, 6.07) is 1.57. The lowest BCUT2D eigenvalue weighted by molar-refractivity contribution is 0.206. The summed E-state index contributed by atoms with van der Waals surface area (Å²) < 4.78 is 0. The van der Waals surface area contributed by atoms with E-state index < -0.39 is 0 Å². The van der Waals surface area contributed by atoms with E-state index in [0.29, 0.717) is 0 Å². The van der Waals surface area contributed by atoms with Crippen LogP contribution in [0.4, 0.5) is 0 Å². The molecule has 2 fully saturated rings. The summed E-state index contributed by atoms with van der Waals surface area (Å²) in [5, 5.41) is 3.99. The molecule has 0 amide bonds. The van der Waals surface area contributed by atoms with Crippen molar-refractivity contribution < 1.29 is 0 Å². The lowest BCUT2D eigenvalue weighted by Gasteiger charge is -2.36. The lowest BCUT2D eigenvalue weighted by atomic mass is 9.79. The van der Waals surface area contributed by atoms with Gasteiger partial charge in [0.2, 0.25) is 0 Å². The fourth-order valence-electron chi connectivity index (χ4n) is 4.47. The molecule has 0 spiro atoms. The first-order chi connectivity index (χ1) is 9.15. The molecule has 2 aliphatic carbocycles. The van der Waals surface area contributed by atoms with Crippen LogP contribution in [-0.2, 0) is 0 Å². The monoisotopic (exact) mass is 265 g/mol. The van der Waals surface area contributed by atoms with Crippen molar-refractivity contribution in [3.63, 3.8) is 0 Å². The van der Waals surface area contributed by atoms with Crippen molar-refractivity contribution in [1.82, 2.24) is 5.32 Å². The summed E-state index contributed by atoms with van der Waals surface area (Å²) in [5.41, 5.74) is 0. The molecular formula is C18H35N. The van der Waals surface area contributed by atoms with E-state index in [1.54, 1.807) is 0 Å². The van der Waals surface area contributed by atoms with E-state index in [1.165, 1.54) is 64.2 Å². The third-order valence-corrected chi connectivity index (χ3v) is 5.44. The van der Waals surface area contributed by atoms with E-state index in [4.69, 9.17) is 0 Å². The van der Waals surface area contributed by atoms with Gasteiger partial charge in [-0.3, -0.25) is 0 Å². The molecule has 1 N–H and O–H groups in total. The van der Waals surface area contributed by atoms with E-state index in [9.17, 15) is 0 Å². The van der Waals surface area contributed by atoms with Gasteiger partial charge in [-0.1, -0.05) is 46.0 Å². The molecule has 0 radical (unpaired) electrons. The first-order valence-corrected chi connectivity index (χ1v) is 8.91. The highest BCUT2D eigenvalue weighted by molar-refractivity contribution is 4.84. The van der Waals surface area contributed by atoms with Crippen LogP contribution in [0.15, 0.2) is 0 Å². The van der Waals surface area contributed by atoms with Crippen molar-refractivity contribution in [3.8, 4) is 0 Å². The average Bonchev–Trinajstić information content (AvgIpc) is 2.39. The zero-order valence-electron chi connectivity index (χ0n) is 13.5. The number of hydrogen-bond donors (Lipinski definition) is 1. The third kappa shape index (κ3) is 5.10. The quantitative estimate of drug-likeness (QED) is 0.725. The van der Waals surface area contributed by atoms with Crippen molar-refractivity contribution >= 4 is 0 Å². The number of nitrogens with one attached hydrogen (secondary N) is 1. The van der Waals surface area contributed by atoms with Gasteiger partial charge in [0.1, 0.15) is 0 Å². The minimum atomic E-state index is 0.753. The van der Waals surface area contributed by atoms with Gasteiger partial charge in [-0.05, 0) is 56.8 Å². The van der Waals surface area contributed by atoms with Crippen LogP contribution in [0.5, 0.6) is 0 Å². The second-order valence-electron chi connectivity index (χ2n) is 7.71. The molecule has 19 heavy (non-hydrogen) atoms. The summed E-state index contributed by atoms with van der Waals surface area (Å²) in [6.07, 6.45) is 14.6. The Morgan fingerprint density at radius 1 is 0.895 bits per heavy atom. The second kappa shape index (κ2) is 7.67. The summed E-state index contributed by atoms with van der Waals surface area (Å²) in [6.45, 7) is 7.20. The second-order valence-corrected chi connectivity index (χ2v) is 7.71. The highest BCUT2D eigenvalue weighted by Gasteiger charge is 2.26. The van der Waals surface area contributed by atoms with E-state index in [-0.39, 0.29) is 0 Å². The van der Waals surface area contributed by atoms with Crippen molar-refractivity contribution in [2.75, 3.05) is 0 Å². The minimum absolute atomic E-state index is 0.753. The fraction of sp³-hybridized carbons (Fsp3) is 1.00. The fourth-order valence-corrected chi connectivity index (χ4v) is 4.47. The zero-order valence-corrected chi connectivity index (χ0v) is 13.5. The third-order valence-electron chi connectivity index (χ3n) is 5.44. The van der Waals surface area contributed by atoms with Crippen LogP contribution in [0.1, 0.15) is 85.0 Å². The Morgan fingerprint density at radius 3 is 2.32 bits per heavy atom. The Bertz CT molecular complexity index is 242. The van der Waals surface area contributed by atoms with Gasteiger partial charge in [0.05, 0.1) is 0 Å². The maximum atomic E-state index is 3.99. The van der Waals surface area contributed by atoms with Crippen LogP contribution in [0, 0.1) is 17.8 Å². The SMILES string of the molecule is CC(C)CC1CCCC(NC(C)C2CCCCC2)C1. The summed E-state index contributed by atoms with van der Waals surface area (Å²) in [4.78, 5) is 0. The maximum Gasteiger partial charge on any atom is 0.00722 e. The van der Waals surface area contributed by atoms with Gasteiger partial charge in [0.15, 0.2) is 0 Å². The van der Waals surface area contributed by atoms with Crippen LogP contribution in [0.2, 0.25) is 0 Å². The van der Waals surface area contributed by atoms with Crippen molar-refractivity contribution in [2.45, 2.75) is 97.1 Å². The zero-order chi connectivity index (χ0) is 13.7. The molecule has 2 aliphatic rings. The molecule has 2 saturated carbocycles. The van der Waals surface area contributed by atoms with Crippen molar-refractivity contribution in [3.05, 3.63) is 0 Å². The van der Waals surface area contributed by atoms with Crippen LogP contribution in [0.3, 0.4) is 0 Å². The number of rotatable bonds is 5. The molecule has 0 saturated heterocycles. The van der Waals surface area contributed by atoms with Gasteiger partial charge >= 0.3 is 0 Å². The van der Waals surface area contributed by atoms with Gasteiger partial charge in [-0.2, -0.15) is 0 Å². The average molecular weight is 265 g/mol. The molecule has 0 aromatic rings. The molecule has 0 bridgehead atoms. The topological polar surface area (TPSA) is 12.0 Å². The van der Waals surface area contributed by atoms with E-state index >= 15 is 0 Å². The lowest BCUT2D eigenvalue weighted by Crippen LogP contribution is -2.43. The predicted molar refractivity (Wildman–Crippen MR) is 84.4 cm³/mol. The van der Waals surface area contributed by atoms with E-state index in [2.05, 4.69) is 26.1 Å². The molecule has 0 aromatic carbocycles. The van der Waals surface area contributed by atoms with Gasteiger partial charge in [-0.25, -0.2) is 0 Å². The van der Waals surface area contributed by atoms with E-state index in [1.807, 2.05) is 0 Å². The van der Waals surface area contributed by atoms with Gasteiger partial charge in [0.25, 0.3) is 0 Å². The van der Waals surface area contributed by atoms with Crippen molar-refractivity contribution in [1.29, 1.82) is 0 Å². The Hall–Kier alpha value is -0.0400. The standard InChI is InChI=1S/C18H35N/c1-14(2)12-16-8-7-11-18(13-16)19-15(3)17-9-5-4-6-10-17/h14-19H,4-13H2,1-3H3. The Kier molecular flexibility index (Phi) is 6.19. The Balaban J connectivity index is 1.74. The van der Waals surface area contributed by atoms with Crippen LogP contribution < -0.4 is 5.32 Å². The van der Waals surface area contributed by atoms with Crippen molar-refractivity contribution in [2.24, 2.45) is 17.8 Å². The molecule has 112 valence electrons. The van der Waals surface area contributed by atoms with Gasteiger partial charge in [-0.15, -0.1) is 0 Å². The summed E-state index contributed by atoms with van der Waals surface area (Å²) in [7, 11) is 0. The molecule has 1 heteroatoms. The Labute approximate surface area is 120 Å². The van der Waals surface area contributed by atoms with Gasteiger partial charge in [0, 0.05) is 12.1 Å². The normalized spacial score (nSPS) is 31.6. The molecule has 0 aliphatic heterocycles. The predicted octanol–water partition coefficient (Wildman–Crippen LogP) is 5.15. The van der Waals surface area contributed by atoms with Crippen LogP contribution >= 0.6 is 0 Å². The summed E-state index contributed by atoms with van der Waals surface area (Å²) >= 11 is 0. The molecule has 0 heterocycles. The highest BCUT2D eigenvalue weighted by Crippen LogP contribution is 2.31. The molecular weight excluding hydrogens is 230 g/mol. The maximum absolute atomic E-state index is 3.99. The minimum Gasteiger partial charge on any atom is -0.311 e.